The molecule has 0 heterocycles. The highest BCUT2D eigenvalue weighted by molar-refractivity contribution is 9.10. The van der Waals surface area contributed by atoms with Gasteiger partial charge in [-0.3, -0.25) is 0 Å². The van der Waals surface area contributed by atoms with E-state index in [2.05, 4.69) is 15.9 Å². The van der Waals surface area contributed by atoms with Gasteiger partial charge in [0.1, 0.15) is 5.82 Å². The highest BCUT2D eigenvalue weighted by Gasteiger charge is 2.25. The van der Waals surface area contributed by atoms with E-state index in [9.17, 15) is 4.39 Å². The quantitative estimate of drug-likeness (QED) is 0.882. The van der Waals surface area contributed by atoms with Crippen LogP contribution >= 0.6 is 28.3 Å². The number of halogens is 3. The fraction of sp³-hybridized carbons (Fsp3) is 0.455. The van der Waals surface area contributed by atoms with Crippen LogP contribution in [0, 0.1) is 11.7 Å². The molecular formula is C11H14BrClFN. The van der Waals surface area contributed by atoms with Crippen molar-refractivity contribution in [1.29, 1.82) is 0 Å². The van der Waals surface area contributed by atoms with Gasteiger partial charge in [0.15, 0.2) is 0 Å². The van der Waals surface area contributed by atoms with Gasteiger partial charge in [-0.1, -0.05) is 12.5 Å². The zero-order valence-corrected chi connectivity index (χ0v) is 10.7. The van der Waals surface area contributed by atoms with E-state index in [4.69, 9.17) is 5.73 Å². The lowest BCUT2D eigenvalue weighted by Crippen LogP contribution is -2.26. The van der Waals surface area contributed by atoms with Crippen molar-refractivity contribution >= 4 is 28.3 Å². The van der Waals surface area contributed by atoms with Gasteiger partial charge in [-0.2, -0.15) is 0 Å². The summed E-state index contributed by atoms with van der Waals surface area (Å²) in [6, 6.07) is 5.11. The maximum absolute atomic E-state index is 13.0. The van der Waals surface area contributed by atoms with Gasteiger partial charge < -0.3 is 5.73 Å². The predicted octanol–water partition coefficient (Wildman–Crippen LogP) is 3.81. The van der Waals surface area contributed by atoms with Crippen LogP contribution in [0.25, 0.3) is 0 Å². The molecule has 0 saturated heterocycles. The van der Waals surface area contributed by atoms with Gasteiger partial charge in [0, 0.05) is 6.04 Å². The minimum Gasteiger partial charge on any atom is -0.324 e. The number of nitrogens with two attached hydrogens (primary N) is 1. The van der Waals surface area contributed by atoms with E-state index in [1.807, 2.05) is 0 Å². The van der Waals surface area contributed by atoms with Gasteiger partial charge in [-0.15, -0.1) is 12.4 Å². The molecule has 0 bridgehead atoms. The fourth-order valence-corrected chi connectivity index (χ4v) is 2.19. The average Bonchev–Trinajstić information content (AvgIpc) is 2.06. The molecule has 1 aliphatic rings. The van der Waals surface area contributed by atoms with Crippen LogP contribution in [-0.2, 0) is 0 Å². The minimum atomic E-state index is -0.227. The Morgan fingerprint density at radius 2 is 2.07 bits per heavy atom. The molecule has 1 nitrogen and oxygen atoms in total. The Balaban J connectivity index is 0.00000112. The summed E-state index contributed by atoms with van der Waals surface area (Å²) in [4.78, 5) is 0. The summed E-state index contributed by atoms with van der Waals surface area (Å²) < 4.78 is 13.5. The largest absolute Gasteiger partial charge is 0.324 e. The number of hydrogen-bond acceptors (Lipinski definition) is 1. The van der Waals surface area contributed by atoms with Gasteiger partial charge in [0.2, 0.25) is 0 Å². The monoisotopic (exact) mass is 293 g/mol. The second-order valence-electron chi connectivity index (χ2n) is 3.89. The topological polar surface area (TPSA) is 26.0 Å². The second-order valence-corrected chi connectivity index (χ2v) is 4.74. The van der Waals surface area contributed by atoms with E-state index < -0.39 is 0 Å². The molecule has 0 aromatic heterocycles. The maximum atomic E-state index is 13.0. The Morgan fingerprint density at radius 1 is 1.40 bits per heavy atom. The molecule has 0 aliphatic heterocycles. The summed E-state index contributed by atoms with van der Waals surface area (Å²) in [7, 11) is 0. The molecule has 15 heavy (non-hydrogen) atoms. The molecule has 0 amide bonds. The van der Waals surface area contributed by atoms with Crippen molar-refractivity contribution in [3.8, 4) is 0 Å². The number of benzene rings is 1. The molecule has 1 aliphatic carbocycles. The van der Waals surface area contributed by atoms with E-state index in [1.165, 1.54) is 25.3 Å². The Hall–Kier alpha value is -0.120. The Labute approximate surface area is 104 Å². The molecule has 84 valence electrons. The first-order valence-corrected chi connectivity index (χ1v) is 5.68. The zero-order valence-electron chi connectivity index (χ0n) is 8.25. The first kappa shape index (κ1) is 12.9. The SMILES string of the molecule is Cl.N[C@H](c1ccc(F)c(Br)c1)C1CCC1. The summed E-state index contributed by atoms with van der Waals surface area (Å²) in [5.41, 5.74) is 7.11. The summed E-state index contributed by atoms with van der Waals surface area (Å²) in [5.74, 6) is 0.363. The molecule has 1 atom stereocenters. The molecule has 1 aromatic rings. The second kappa shape index (κ2) is 5.28. The van der Waals surface area contributed by atoms with Crippen LogP contribution in [-0.4, -0.2) is 0 Å². The molecule has 1 fully saturated rings. The molecule has 2 N–H and O–H groups in total. The molecular weight excluding hydrogens is 280 g/mol. The summed E-state index contributed by atoms with van der Waals surface area (Å²) >= 11 is 3.17. The van der Waals surface area contributed by atoms with Crippen molar-refractivity contribution in [2.24, 2.45) is 11.7 Å². The van der Waals surface area contributed by atoms with Crippen LogP contribution in [0.5, 0.6) is 0 Å². The van der Waals surface area contributed by atoms with E-state index >= 15 is 0 Å². The zero-order chi connectivity index (χ0) is 10.1. The van der Waals surface area contributed by atoms with Gasteiger partial charge in [0.05, 0.1) is 4.47 Å². The third-order valence-electron chi connectivity index (χ3n) is 2.99. The standard InChI is InChI=1S/C11H13BrFN.ClH/c12-9-6-8(4-5-10(9)13)11(14)7-2-1-3-7;/h4-7,11H,1-3,14H2;1H/t11-;/m0./s1. The van der Waals surface area contributed by atoms with Gasteiger partial charge >= 0.3 is 0 Å². The van der Waals surface area contributed by atoms with Crippen molar-refractivity contribution in [1.82, 2.24) is 0 Å². The highest BCUT2D eigenvalue weighted by atomic mass is 79.9. The van der Waals surface area contributed by atoms with Crippen LogP contribution in [0.3, 0.4) is 0 Å². The minimum absolute atomic E-state index is 0. The average molecular weight is 295 g/mol. The van der Waals surface area contributed by atoms with Crippen molar-refractivity contribution in [3.05, 3.63) is 34.1 Å². The van der Waals surface area contributed by atoms with E-state index in [1.54, 1.807) is 12.1 Å². The summed E-state index contributed by atoms with van der Waals surface area (Å²) in [5, 5.41) is 0. The Bertz CT molecular complexity index is 341. The van der Waals surface area contributed by atoms with Gasteiger partial charge in [-0.05, 0) is 52.4 Å². The highest BCUT2D eigenvalue weighted by Crippen LogP contribution is 2.36. The van der Waals surface area contributed by atoms with Crippen LogP contribution in [0.2, 0.25) is 0 Å². The van der Waals surface area contributed by atoms with Crippen molar-refractivity contribution in [3.63, 3.8) is 0 Å². The normalized spacial score (nSPS) is 17.8. The van der Waals surface area contributed by atoms with E-state index in [0.717, 1.165) is 5.56 Å². The van der Waals surface area contributed by atoms with Crippen LogP contribution in [0.15, 0.2) is 22.7 Å². The number of rotatable bonds is 2. The molecule has 2 rings (SSSR count). The maximum Gasteiger partial charge on any atom is 0.137 e. The van der Waals surface area contributed by atoms with Gasteiger partial charge in [-0.25, -0.2) is 4.39 Å². The van der Waals surface area contributed by atoms with E-state index in [0.29, 0.717) is 10.4 Å². The molecule has 1 aromatic carbocycles. The fourth-order valence-electron chi connectivity index (χ4n) is 1.79. The van der Waals surface area contributed by atoms with Crippen molar-refractivity contribution in [2.45, 2.75) is 25.3 Å². The molecule has 1 saturated carbocycles. The van der Waals surface area contributed by atoms with E-state index in [-0.39, 0.29) is 24.3 Å². The molecule has 0 radical (unpaired) electrons. The Kier molecular flexibility index (Phi) is 4.56. The summed E-state index contributed by atoms with van der Waals surface area (Å²) in [6.45, 7) is 0. The van der Waals surface area contributed by atoms with Crippen molar-refractivity contribution in [2.75, 3.05) is 0 Å². The molecule has 4 heteroatoms. The lowest BCUT2D eigenvalue weighted by atomic mass is 9.78. The Morgan fingerprint density at radius 3 is 2.53 bits per heavy atom. The van der Waals surface area contributed by atoms with Crippen LogP contribution < -0.4 is 5.73 Å². The van der Waals surface area contributed by atoms with Gasteiger partial charge in [0.25, 0.3) is 0 Å². The predicted molar refractivity (Wildman–Crippen MR) is 65.6 cm³/mol. The van der Waals surface area contributed by atoms with Crippen LogP contribution in [0.4, 0.5) is 4.39 Å². The number of hydrogen-bond donors (Lipinski definition) is 1. The summed E-state index contributed by atoms with van der Waals surface area (Å²) in [6.07, 6.45) is 3.69. The lowest BCUT2D eigenvalue weighted by molar-refractivity contribution is 0.264. The smallest absolute Gasteiger partial charge is 0.137 e. The first-order chi connectivity index (χ1) is 6.68. The third kappa shape index (κ3) is 2.71. The van der Waals surface area contributed by atoms with Crippen LogP contribution in [0.1, 0.15) is 30.9 Å². The van der Waals surface area contributed by atoms with Crippen molar-refractivity contribution < 1.29 is 4.39 Å². The lowest BCUT2D eigenvalue weighted by Gasteiger charge is -2.31. The molecule has 0 unspecified atom stereocenters. The first-order valence-electron chi connectivity index (χ1n) is 4.89. The third-order valence-corrected chi connectivity index (χ3v) is 3.59. The molecule has 0 spiro atoms.